The van der Waals surface area contributed by atoms with Crippen LogP contribution in [0.25, 0.3) is 21.8 Å². The number of carbonyl (C=O) groups is 17. The van der Waals surface area contributed by atoms with Gasteiger partial charge in [-0.2, -0.15) is 0 Å². The summed E-state index contributed by atoms with van der Waals surface area (Å²) in [6, 6.07) is -2.03. The number of fused-ring (bicyclic) bond motifs is 4. The highest BCUT2D eigenvalue weighted by Gasteiger charge is 2.47. The minimum atomic E-state index is -1.95. The van der Waals surface area contributed by atoms with Gasteiger partial charge in [0, 0.05) is 106 Å². The molecule has 3 saturated heterocycles. The molecular formula is C92H134N20O22S. The molecule has 3 fully saturated rings. The summed E-state index contributed by atoms with van der Waals surface area (Å²) in [5.41, 5.74) is 20.3. The van der Waals surface area contributed by atoms with Gasteiger partial charge in [0.2, 0.25) is 88.6 Å². The fourth-order valence-corrected chi connectivity index (χ4v) is 18.1. The van der Waals surface area contributed by atoms with Crippen LogP contribution in [0.4, 0.5) is 0 Å². The Labute approximate surface area is 787 Å². The highest BCUT2D eigenvalue weighted by atomic mass is 32.2. The fraction of sp³-hybridized carbons (Fsp3) is 0.576. The summed E-state index contributed by atoms with van der Waals surface area (Å²) in [5, 5.41) is 82.1. The van der Waals surface area contributed by atoms with E-state index in [-0.39, 0.29) is 94.9 Å². The Morgan fingerprint density at radius 2 is 1.15 bits per heavy atom. The number of amides is 15. The van der Waals surface area contributed by atoms with Crippen LogP contribution in [0.5, 0.6) is 5.75 Å². The molecule has 1 unspecified atom stereocenters. The maximum absolute atomic E-state index is 16.0. The van der Waals surface area contributed by atoms with Crippen LogP contribution in [0.15, 0.2) is 85.2 Å². The number of aliphatic carboxylic acids is 2. The van der Waals surface area contributed by atoms with Crippen LogP contribution < -0.4 is 70.4 Å². The van der Waals surface area contributed by atoms with Crippen molar-refractivity contribution >= 4 is 134 Å². The van der Waals surface area contributed by atoms with Gasteiger partial charge in [0.25, 0.3) is 0 Å². The van der Waals surface area contributed by atoms with Gasteiger partial charge in [-0.3, -0.25) is 86.4 Å². The molecule has 22 N–H and O–H groups in total. The molecule has 15 amide bonds. The molecule has 42 nitrogen and oxygen atoms in total. The van der Waals surface area contributed by atoms with Crippen molar-refractivity contribution in [2.45, 2.75) is 261 Å². The van der Waals surface area contributed by atoms with E-state index in [1.54, 1.807) is 89.3 Å². The van der Waals surface area contributed by atoms with Crippen LogP contribution in [-0.2, 0) is 101 Å². The number of aliphatic hydroxyl groups excluding tert-OH is 2. The molecule has 0 spiro atoms. The van der Waals surface area contributed by atoms with E-state index in [0.29, 0.717) is 64.2 Å². The van der Waals surface area contributed by atoms with Crippen LogP contribution >= 0.6 is 11.8 Å². The van der Waals surface area contributed by atoms with Crippen molar-refractivity contribution in [3.05, 3.63) is 102 Å². The molecule has 135 heavy (non-hydrogen) atoms. The number of nitrogens with one attached hydrogen (secondary N) is 11. The minimum Gasteiger partial charge on any atom is -0.508 e. The number of aromatic hydroxyl groups is 1. The maximum Gasteiger partial charge on any atom is 0.323 e. The van der Waals surface area contributed by atoms with E-state index in [0.717, 1.165) is 31.4 Å². The number of carbonyl (C=O) groups excluding carboxylic acids is 15. The SMILES string of the molecule is CCCC[C@H]1C(=O)N(C)[C@@H](CCCC)C(=O)N[C@@H](CC(C)C)C(=O)N[C@H](C(=O)NCC(N)=O)CSCC(=O)N[C@@H]([C@@H](C)c2ccc(O)cc2)C(=O)N(C)[C@@H](C)C(=O)N[C@@H](CC(=O)O)C(O)N2CCC[C@H]2C(=O)N[C@@H](CN)C(=O)N[C@@H](CC(C)C)C(=O)N2C[C@H](O)C[C@H]2C(=O)N[C@@H](Cc2c[nH]c3ccccc23)C(=O)N[C@@H](CCN)C(=O)N[C@@H](Cc2cn(CC(=O)O)c3ccccc23)C(=O)N1C. The van der Waals surface area contributed by atoms with E-state index in [9.17, 15) is 68.7 Å². The van der Waals surface area contributed by atoms with Gasteiger partial charge in [-0.1, -0.05) is 123 Å². The number of phenols is 1. The van der Waals surface area contributed by atoms with Crippen LogP contribution in [-0.4, -0.2) is 322 Å². The zero-order valence-electron chi connectivity index (χ0n) is 78.3. The Morgan fingerprint density at radius 3 is 1.79 bits per heavy atom. The second kappa shape index (κ2) is 50.9. The number of para-hydroxylation sites is 2. The van der Waals surface area contributed by atoms with Crippen molar-refractivity contribution in [2.24, 2.45) is 29.0 Å². The number of carboxylic acid groups (broad SMARTS) is 2. The average molecular weight is 1900 g/mol. The minimum absolute atomic E-state index is 0.000326. The number of H-pyrrole nitrogens is 1. The van der Waals surface area contributed by atoms with Crippen LogP contribution in [0, 0.1) is 11.8 Å². The number of benzene rings is 3. The molecule has 5 aromatic rings. The monoisotopic (exact) mass is 1900 g/mol. The molecule has 3 aliphatic heterocycles. The van der Waals surface area contributed by atoms with Gasteiger partial charge >= 0.3 is 11.9 Å². The zero-order chi connectivity index (χ0) is 99.5. The first kappa shape index (κ1) is 108. The van der Waals surface area contributed by atoms with Gasteiger partial charge in [-0.05, 0) is 111 Å². The summed E-state index contributed by atoms with van der Waals surface area (Å²) in [6.45, 7) is 10.9. The number of likely N-dealkylation sites (N-methyl/N-ethyl adjacent to an activating group) is 3. The van der Waals surface area contributed by atoms with Crippen molar-refractivity contribution in [2.75, 3.05) is 65.4 Å². The molecule has 3 aromatic carbocycles. The topological polar surface area (TPSA) is 627 Å². The van der Waals surface area contributed by atoms with E-state index in [4.69, 9.17) is 17.2 Å². The van der Waals surface area contributed by atoms with Gasteiger partial charge in [-0.25, -0.2) is 0 Å². The molecule has 5 heterocycles. The van der Waals surface area contributed by atoms with E-state index in [1.807, 2.05) is 13.8 Å². The Balaban J connectivity index is 1.21. The van der Waals surface area contributed by atoms with Crippen molar-refractivity contribution in [3.63, 3.8) is 0 Å². The number of hydrogen-bond donors (Lipinski definition) is 19. The number of unbranched alkanes of at least 4 members (excludes halogenated alkanes) is 2. The van der Waals surface area contributed by atoms with Gasteiger partial charge in [0.15, 0.2) is 0 Å². The number of phenolic OH excluding ortho intramolecular Hbond substituents is 1. The first-order valence-corrected chi connectivity index (χ1v) is 47.0. The van der Waals surface area contributed by atoms with Gasteiger partial charge in [0.1, 0.15) is 91.0 Å². The van der Waals surface area contributed by atoms with Crippen LogP contribution in [0.1, 0.15) is 161 Å². The van der Waals surface area contributed by atoms with E-state index < -0.39 is 247 Å². The molecule has 0 aliphatic carbocycles. The Kier molecular flexibility index (Phi) is 40.7. The highest BCUT2D eigenvalue weighted by Crippen LogP contribution is 2.31. The van der Waals surface area contributed by atoms with Crippen molar-refractivity contribution < 1.29 is 107 Å². The molecule has 17 atom stereocenters. The number of aromatic amines is 1. The standard InChI is InChI=1S/C92H134N20O22S/c1-12-14-24-70-85(127)99-62(35-49(3)4)82(124)105-68(80(122)97-43-74(95)115)47-135-48-75(116)106-78(51(7)53-28-30-56(113)31-29-53)92(134)107(9)52(8)79(121)101-66(40-76(117)118)89(131)111-34-20-27-71(111)86(128)104-67(41-94)84(126)102-64(36-50(5)6)90(132)112-45-57(114)39-73(112)87(129)100-63(37-54-42-96-60-23-18-16-21-58(54)60)83(125)98-61(32-33-93)81(123)103-65(88(130)109(11)72(25-15-13-2)91(133)108(70)10)38-55-44-110(46-77(119)120)69-26-19-17-22-59(55)69/h16-19,21-23,26,28-31,42,44,49-52,57,61-68,70-73,78,89,96,113-114,131H,12-15,20,24-25,27,32-41,43,45-48,93-94H2,1-11H3,(H2,95,115)(H,97,122)(H,98,125)(H,99,127)(H,100,129)(H,101,121)(H,102,126)(H,103,123)(H,104,128)(H,105,124)(H,106,116)(H,117,118)(H,119,120)/t51-,52-,57+,61-,62-,63-,64-,65-,66-,67-,68-,70-,71-,72-,73-,78-,89?/m0/s1. The number of hydrogen-bond acceptors (Lipinski definition) is 24. The predicted octanol–water partition coefficient (Wildman–Crippen LogP) is -1.29. The number of primary amides is 1. The molecule has 740 valence electrons. The lowest BCUT2D eigenvalue weighted by Gasteiger charge is -2.36. The molecular weight excluding hydrogens is 1770 g/mol. The third-order valence-electron chi connectivity index (χ3n) is 24.7. The second-order valence-corrected chi connectivity index (χ2v) is 36.9. The maximum atomic E-state index is 16.0. The Bertz CT molecular complexity index is 5030. The molecule has 2 aromatic heterocycles. The van der Waals surface area contributed by atoms with Crippen molar-refractivity contribution in [1.29, 1.82) is 0 Å². The first-order chi connectivity index (χ1) is 64.0. The van der Waals surface area contributed by atoms with Crippen LogP contribution in [0.2, 0.25) is 0 Å². The number of rotatable bonds is 26. The lowest BCUT2D eigenvalue weighted by Crippen LogP contribution is -2.62. The molecule has 8 rings (SSSR count). The summed E-state index contributed by atoms with van der Waals surface area (Å²) >= 11 is 0.784. The van der Waals surface area contributed by atoms with Crippen molar-refractivity contribution in [1.82, 2.24) is 87.2 Å². The summed E-state index contributed by atoms with van der Waals surface area (Å²) in [6.07, 6.45) is -0.811. The largest absolute Gasteiger partial charge is 0.508 e. The average Bonchev–Trinajstić information content (AvgIpc) is 1.14. The molecule has 0 bridgehead atoms. The third-order valence-corrected chi connectivity index (χ3v) is 25.8. The smallest absolute Gasteiger partial charge is 0.323 e. The Morgan fingerprint density at radius 1 is 0.578 bits per heavy atom. The van der Waals surface area contributed by atoms with E-state index in [1.165, 1.54) is 68.0 Å². The summed E-state index contributed by atoms with van der Waals surface area (Å²) in [7, 11) is 3.92. The number of aromatic nitrogens is 2. The second-order valence-electron chi connectivity index (χ2n) is 35.8. The summed E-state index contributed by atoms with van der Waals surface area (Å²) in [4.78, 5) is 257. The molecule has 3 aliphatic rings. The number of aliphatic hydroxyl groups is 2. The van der Waals surface area contributed by atoms with Gasteiger partial charge in [0.05, 0.1) is 36.9 Å². The fourth-order valence-electron chi connectivity index (χ4n) is 17.2. The molecule has 0 saturated carbocycles. The normalized spacial score (nSPS) is 25.8. The zero-order valence-corrected chi connectivity index (χ0v) is 79.1. The molecule has 43 heteroatoms. The number of nitrogens with zero attached hydrogens (tertiary/aromatic N) is 6. The third kappa shape index (κ3) is 29.6. The lowest BCUT2D eigenvalue weighted by atomic mass is 9.92. The highest BCUT2D eigenvalue weighted by molar-refractivity contribution is 8.00. The summed E-state index contributed by atoms with van der Waals surface area (Å²) < 4.78 is 1.44. The number of carboxylic acids is 2. The Hall–Kier alpha value is -12.3. The van der Waals surface area contributed by atoms with Crippen LogP contribution in [0.3, 0.4) is 0 Å². The van der Waals surface area contributed by atoms with Gasteiger partial charge in [-0.15, -0.1) is 11.8 Å². The van der Waals surface area contributed by atoms with Gasteiger partial charge < -0.3 is 125 Å². The summed E-state index contributed by atoms with van der Waals surface area (Å²) in [5.74, 6) is -19.2. The number of nitrogens with two attached hydrogens (primary N) is 3. The molecule has 0 radical (unpaired) electrons. The quantitative estimate of drug-likeness (QED) is 0.0306. The lowest BCUT2D eigenvalue weighted by molar-refractivity contribution is -0.149. The number of thioether (sulfide) groups is 1. The van der Waals surface area contributed by atoms with E-state index >= 15 is 38.4 Å². The first-order valence-electron chi connectivity index (χ1n) is 45.8. The van der Waals surface area contributed by atoms with E-state index in [2.05, 4.69) is 58.2 Å². The van der Waals surface area contributed by atoms with Crippen molar-refractivity contribution in [3.8, 4) is 5.75 Å². The predicted molar refractivity (Wildman–Crippen MR) is 499 cm³/mol.